The number of nitrogens with one attached hydrogen (secondary N) is 1. The summed E-state index contributed by atoms with van der Waals surface area (Å²) in [6.45, 7) is 2.73. The summed E-state index contributed by atoms with van der Waals surface area (Å²) in [4.78, 5) is 29.4. The number of hydrogen-bond acceptors (Lipinski definition) is 5. The van der Waals surface area contributed by atoms with Gasteiger partial charge < -0.3 is 19.7 Å². The Morgan fingerprint density at radius 3 is 2.95 bits per heavy atom. The smallest absolute Gasteiger partial charge is 0.291 e. The standard InChI is InChI=1S/C13H19N3O4/c1-9-12(20-8-14-9)13(19)16-6-2-4-10(17)15-11(18)5-3-7-16/h8,10,17H,2-7H2,1H3,(H,15,18). The number of oxazole rings is 1. The van der Waals surface area contributed by atoms with Crippen LogP contribution in [0.25, 0.3) is 0 Å². The maximum Gasteiger partial charge on any atom is 0.291 e. The molecule has 20 heavy (non-hydrogen) atoms. The van der Waals surface area contributed by atoms with E-state index in [2.05, 4.69) is 10.3 Å². The molecule has 0 saturated carbocycles. The first-order valence-corrected chi connectivity index (χ1v) is 6.74. The summed E-state index contributed by atoms with van der Waals surface area (Å²) >= 11 is 0. The fourth-order valence-corrected chi connectivity index (χ4v) is 2.20. The third-order valence-electron chi connectivity index (χ3n) is 3.29. The van der Waals surface area contributed by atoms with Crippen molar-refractivity contribution < 1.29 is 19.1 Å². The highest BCUT2D eigenvalue weighted by molar-refractivity contribution is 5.92. The SMILES string of the molecule is Cc1ncoc1C(=O)N1CCCC(=O)NC(O)CCC1. The van der Waals surface area contributed by atoms with E-state index in [1.807, 2.05) is 0 Å². The van der Waals surface area contributed by atoms with Gasteiger partial charge in [0, 0.05) is 19.5 Å². The lowest BCUT2D eigenvalue weighted by molar-refractivity contribution is -0.124. The predicted octanol–water partition coefficient (Wildman–Crippen LogP) is 0.434. The quantitative estimate of drug-likeness (QED) is 0.778. The molecule has 1 atom stereocenters. The van der Waals surface area contributed by atoms with Gasteiger partial charge in [-0.25, -0.2) is 4.98 Å². The zero-order chi connectivity index (χ0) is 14.5. The van der Waals surface area contributed by atoms with E-state index in [-0.39, 0.29) is 24.0 Å². The summed E-state index contributed by atoms with van der Waals surface area (Å²) in [5, 5.41) is 12.1. The molecule has 0 radical (unpaired) electrons. The van der Waals surface area contributed by atoms with Crippen molar-refractivity contribution in [2.24, 2.45) is 0 Å². The number of amides is 2. The number of aliphatic hydroxyl groups excluding tert-OH is 1. The topological polar surface area (TPSA) is 95.7 Å². The second kappa shape index (κ2) is 6.51. The average Bonchev–Trinajstić information content (AvgIpc) is 2.82. The van der Waals surface area contributed by atoms with Crippen LogP contribution in [0.1, 0.15) is 41.9 Å². The van der Waals surface area contributed by atoms with E-state index in [4.69, 9.17) is 4.42 Å². The monoisotopic (exact) mass is 281 g/mol. The number of aromatic nitrogens is 1. The Morgan fingerprint density at radius 1 is 1.50 bits per heavy atom. The molecule has 2 heterocycles. The van der Waals surface area contributed by atoms with Gasteiger partial charge in [0.15, 0.2) is 6.39 Å². The largest absolute Gasteiger partial charge is 0.438 e. The van der Waals surface area contributed by atoms with Gasteiger partial charge in [-0.2, -0.15) is 0 Å². The number of aryl methyl sites for hydroxylation is 1. The van der Waals surface area contributed by atoms with Crippen molar-refractivity contribution >= 4 is 11.8 Å². The van der Waals surface area contributed by atoms with Crippen LogP contribution in [0, 0.1) is 6.92 Å². The molecule has 2 amide bonds. The van der Waals surface area contributed by atoms with Gasteiger partial charge in [0.2, 0.25) is 11.7 Å². The molecular weight excluding hydrogens is 262 g/mol. The molecule has 7 heteroatoms. The second-order valence-corrected chi connectivity index (χ2v) is 4.89. The third-order valence-corrected chi connectivity index (χ3v) is 3.29. The molecule has 1 unspecified atom stereocenters. The molecule has 0 aliphatic carbocycles. The Balaban J connectivity index is 2.04. The molecule has 1 aromatic heterocycles. The van der Waals surface area contributed by atoms with Crippen LogP contribution in [0.3, 0.4) is 0 Å². The van der Waals surface area contributed by atoms with Gasteiger partial charge in [0.1, 0.15) is 6.23 Å². The van der Waals surface area contributed by atoms with Crippen LogP contribution >= 0.6 is 0 Å². The van der Waals surface area contributed by atoms with Crippen LogP contribution in [0.15, 0.2) is 10.8 Å². The van der Waals surface area contributed by atoms with Crippen molar-refractivity contribution in [1.82, 2.24) is 15.2 Å². The molecule has 1 aromatic rings. The lowest BCUT2D eigenvalue weighted by Gasteiger charge is -2.24. The van der Waals surface area contributed by atoms with Crippen molar-refractivity contribution in [1.29, 1.82) is 0 Å². The Morgan fingerprint density at radius 2 is 2.25 bits per heavy atom. The van der Waals surface area contributed by atoms with Gasteiger partial charge in [-0.15, -0.1) is 0 Å². The van der Waals surface area contributed by atoms with Crippen LogP contribution in [0.2, 0.25) is 0 Å². The van der Waals surface area contributed by atoms with Crippen molar-refractivity contribution in [2.45, 2.75) is 38.8 Å². The van der Waals surface area contributed by atoms with Gasteiger partial charge in [-0.3, -0.25) is 9.59 Å². The van der Waals surface area contributed by atoms with E-state index in [1.54, 1.807) is 11.8 Å². The summed E-state index contributed by atoms with van der Waals surface area (Å²) in [7, 11) is 0. The van der Waals surface area contributed by atoms with E-state index in [0.29, 0.717) is 38.0 Å². The first-order valence-electron chi connectivity index (χ1n) is 6.74. The van der Waals surface area contributed by atoms with Crippen molar-refractivity contribution in [3.05, 3.63) is 17.8 Å². The summed E-state index contributed by atoms with van der Waals surface area (Å²) in [5.41, 5.74) is 0.560. The Kier molecular flexibility index (Phi) is 4.73. The predicted molar refractivity (Wildman–Crippen MR) is 69.8 cm³/mol. The van der Waals surface area contributed by atoms with Crippen molar-refractivity contribution in [3.8, 4) is 0 Å². The van der Waals surface area contributed by atoms with Gasteiger partial charge in [-0.1, -0.05) is 0 Å². The molecule has 0 bridgehead atoms. The van der Waals surface area contributed by atoms with Crippen LogP contribution in [-0.4, -0.2) is 46.1 Å². The number of carbonyl (C=O) groups is 2. The minimum Gasteiger partial charge on any atom is -0.438 e. The fraction of sp³-hybridized carbons (Fsp3) is 0.615. The van der Waals surface area contributed by atoms with E-state index >= 15 is 0 Å². The normalized spacial score (nSPS) is 21.4. The lowest BCUT2D eigenvalue weighted by atomic mass is 10.2. The molecule has 1 saturated heterocycles. The molecule has 7 nitrogen and oxygen atoms in total. The van der Waals surface area contributed by atoms with E-state index < -0.39 is 6.23 Å². The molecule has 1 aliphatic heterocycles. The summed E-state index contributed by atoms with van der Waals surface area (Å²) < 4.78 is 5.12. The summed E-state index contributed by atoms with van der Waals surface area (Å²) in [5.74, 6) is -0.162. The Labute approximate surface area is 117 Å². The number of aliphatic hydroxyl groups is 1. The first kappa shape index (κ1) is 14.5. The highest BCUT2D eigenvalue weighted by atomic mass is 16.3. The third kappa shape index (κ3) is 3.57. The van der Waals surface area contributed by atoms with E-state index in [9.17, 15) is 14.7 Å². The minimum atomic E-state index is -0.843. The number of rotatable bonds is 1. The zero-order valence-electron chi connectivity index (χ0n) is 11.5. The minimum absolute atomic E-state index is 0.192. The molecular formula is C13H19N3O4. The molecule has 1 aliphatic rings. The maximum atomic E-state index is 12.3. The Bertz CT molecular complexity index is 486. The average molecular weight is 281 g/mol. The van der Waals surface area contributed by atoms with Gasteiger partial charge >= 0.3 is 0 Å². The van der Waals surface area contributed by atoms with E-state index in [1.165, 1.54) is 6.39 Å². The molecule has 0 spiro atoms. The van der Waals surface area contributed by atoms with Crippen LogP contribution in [0.4, 0.5) is 0 Å². The highest BCUT2D eigenvalue weighted by Crippen LogP contribution is 2.12. The molecule has 2 N–H and O–H groups in total. The van der Waals surface area contributed by atoms with Crippen LogP contribution in [0.5, 0.6) is 0 Å². The van der Waals surface area contributed by atoms with E-state index in [0.717, 1.165) is 0 Å². The number of nitrogens with zero attached hydrogens (tertiary/aromatic N) is 2. The van der Waals surface area contributed by atoms with Crippen LogP contribution in [-0.2, 0) is 4.79 Å². The number of carbonyl (C=O) groups excluding carboxylic acids is 2. The van der Waals surface area contributed by atoms with Gasteiger partial charge in [0.25, 0.3) is 5.91 Å². The van der Waals surface area contributed by atoms with Crippen molar-refractivity contribution in [3.63, 3.8) is 0 Å². The Hall–Kier alpha value is -1.89. The molecule has 1 fully saturated rings. The van der Waals surface area contributed by atoms with Gasteiger partial charge in [-0.05, 0) is 26.2 Å². The maximum absolute atomic E-state index is 12.3. The lowest BCUT2D eigenvalue weighted by Crippen LogP contribution is -2.39. The second-order valence-electron chi connectivity index (χ2n) is 4.89. The van der Waals surface area contributed by atoms with Crippen LogP contribution < -0.4 is 5.32 Å². The van der Waals surface area contributed by atoms with Crippen molar-refractivity contribution in [2.75, 3.05) is 13.1 Å². The number of hydrogen-bond donors (Lipinski definition) is 2. The molecule has 0 aromatic carbocycles. The molecule has 2 rings (SSSR count). The first-order chi connectivity index (χ1) is 9.58. The summed E-state index contributed by atoms with van der Waals surface area (Å²) in [6, 6.07) is 0. The van der Waals surface area contributed by atoms with Gasteiger partial charge in [0.05, 0.1) is 5.69 Å². The molecule has 110 valence electrons. The summed E-state index contributed by atoms with van der Waals surface area (Å²) in [6.07, 6.45) is 2.28. The fourth-order valence-electron chi connectivity index (χ4n) is 2.20. The zero-order valence-corrected chi connectivity index (χ0v) is 11.5. The highest BCUT2D eigenvalue weighted by Gasteiger charge is 2.22.